The summed E-state index contributed by atoms with van der Waals surface area (Å²) in [6, 6.07) is 9.40. The van der Waals surface area contributed by atoms with Crippen LogP contribution in [0.2, 0.25) is 10.0 Å². The summed E-state index contributed by atoms with van der Waals surface area (Å²) in [4.78, 5) is 47.2. The molecule has 2 N–H and O–H groups in total. The van der Waals surface area contributed by atoms with Gasteiger partial charge in [-0.2, -0.15) is 0 Å². The molecule has 0 heterocycles. The number of hydrogen-bond donors (Lipinski definition) is 2. The molecule has 0 saturated heterocycles. The second kappa shape index (κ2) is 11.4. The second-order valence-electron chi connectivity index (χ2n) is 7.13. The summed E-state index contributed by atoms with van der Waals surface area (Å²) < 4.78 is 5.04. The first-order chi connectivity index (χ1) is 15.1. The molecule has 0 fully saturated rings. The topological polar surface area (TPSA) is 128 Å². The number of hydrogen-bond acceptors (Lipinski definition) is 6. The molecule has 0 saturated carbocycles. The smallest absolute Gasteiger partial charge is 0.329 e. The van der Waals surface area contributed by atoms with E-state index in [2.05, 4.69) is 10.6 Å². The fourth-order valence-corrected chi connectivity index (χ4v) is 3.04. The number of ether oxygens (including phenoxy) is 1. The number of amides is 2. The van der Waals surface area contributed by atoms with Crippen molar-refractivity contribution in [2.24, 2.45) is 5.92 Å². The molecule has 0 spiro atoms. The molecule has 170 valence electrons. The van der Waals surface area contributed by atoms with Gasteiger partial charge >= 0.3 is 5.97 Å². The first-order valence-electron chi connectivity index (χ1n) is 9.51. The number of nitro groups is 1. The summed E-state index contributed by atoms with van der Waals surface area (Å²) >= 11 is 11.6. The standard InChI is InChI=1S/C21H21Cl2N3O6/c1-12(2)19(25-20(28)14-6-7-16(23)17(9-14)26(30)31)21(29)32-11-18(27)24-10-13-4-3-5-15(22)8-13/h3-9,12,19H,10-11H2,1-2H3,(H,24,27)(H,25,28)/t19-/m0/s1. The Kier molecular flexibility index (Phi) is 8.98. The predicted molar refractivity (Wildman–Crippen MR) is 118 cm³/mol. The lowest BCUT2D eigenvalue weighted by molar-refractivity contribution is -0.384. The van der Waals surface area contributed by atoms with Crippen molar-refractivity contribution in [2.45, 2.75) is 26.4 Å². The van der Waals surface area contributed by atoms with Gasteiger partial charge in [0.15, 0.2) is 6.61 Å². The quantitative estimate of drug-likeness (QED) is 0.320. The average Bonchev–Trinajstić information content (AvgIpc) is 2.74. The summed E-state index contributed by atoms with van der Waals surface area (Å²) in [5, 5.41) is 16.5. The predicted octanol–water partition coefficient (Wildman–Crippen LogP) is 3.52. The monoisotopic (exact) mass is 481 g/mol. The Labute approximate surface area is 194 Å². The molecule has 2 amide bonds. The molecule has 0 radical (unpaired) electrons. The maximum atomic E-state index is 12.5. The minimum atomic E-state index is -1.07. The zero-order valence-corrected chi connectivity index (χ0v) is 18.8. The van der Waals surface area contributed by atoms with Crippen LogP contribution in [-0.2, 0) is 20.9 Å². The molecule has 2 aromatic carbocycles. The minimum Gasteiger partial charge on any atom is -0.454 e. The maximum Gasteiger partial charge on any atom is 0.329 e. The second-order valence-corrected chi connectivity index (χ2v) is 7.98. The maximum absolute atomic E-state index is 12.5. The molecule has 2 rings (SSSR count). The van der Waals surface area contributed by atoms with Gasteiger partial charge in [-0.15, -0.1) is 0 Å². The molecule has 32 heavy (non-hydrogen) atoms. The van der Waals surface area contributed by atoms with Crippen molar-refractivity contribution in [3.8, 4) is 0 Å². The lowest BCUT2D eigenvalue weighted by Gasteiger charge is -2.20. The van der Waals surface area contributed by atoms with Crippen LogP contribution in [0.25, 0.3) is 0 Å². The highest BCUT2D eigenvalue weighted by Crippen LogP contribution is 2.25. The molecule has 2 aromatic rings. The van der Waals surface area contributed by atoms with Crippen LogP contribution in [-0.4, -0.2) is 35.4 Å². The van der Waals surface area contributed by atoms with Crippen molar-refractivity contribution < 1.29 is 24.0 Å². The number of benzene rings is 2. The van der Waals surface area contributed by atoms with E-state index in [-0.39, 0.29) is 23.0 Å². The van der Waals surface area contributed by atoms with Crippen LogP contribution in [0.1, 0.15) is 29.8 Å². The van der Waals surface area contributed by atoms with Gasteiger partial charge in [0.25, 0.3) is 17.5 Å². The number of esters is 1. The van der Waals surface area contributed by atoms with Crippen molar-refractivity contribution in [1.29, 1.82) is 0 Å². The highest BCUT2D eigenvalue weighted by atomic mass is 35.5. The van der Waals surface area contributed by atoms with Crippen LogP contribution in [0.15, 0.2) is 42.5 Å². The fourth-order valence-electron chi connectivity index (χ4n) is 2.64. The molecular formula is C21H21Cl2N3O6. The van der Waals surface area contributed by atoms with Crippen LogP contribution in [0.3, 0.4) is 0 Å². The molecule has 0 aliphatic carbocycles. The van der Waals surface area contributed by atoms with Crippen molar-refractivity contribution in [2.75, 3.05) is 6.61 Å². The van der Waals surface area contributed by atoms with E-state index in [1.807, 2.05) is 0 Å². The highest BCUT2D eigenvalue weighted by molar-refractivity contribution is 6.32. The summed E-state index contributed by atoms with van der Waals surface area (Å²) in [6.45, 7) is 3.02. The fraction of sp³-hybridized carbons (Fsp3) is 0.286. The third-order valence-corrected chi connectivity index (χ3v) is 4.89. The lowest BCUT2D eigenvalue weighted by atomic mass is 10.0. The van der Waals surface area contributed by atoms with Crippen LogP contribution in [0.4, 0.5) is 5.69 Å². The van der Waals surface area contributed by atoms with Crippen LogP contribution >= 0.6 is 23.2 Å². The number of nitro benzene ring substituents is 1. The normalized spacial score (nSPS) is 11.5. The van der Waals surface area contributed by atoms with E-state index in [4.69, 9.17) is 27.9 Å². The molecule has 1 atom stereocenters. The van der Waals surface area contributed by atoms with Crippen LogP contribution in [0.5, 0.6) is 0 Å². The van der Waals surface area contributed by atoms with Gasteiger partial charge in [0, 0.05) is 23.2 Å². The Hall–Kier alpha value is -3.17. The van der Waals surface area contributed by atoms with E-state index in [0.717, 1.165) is 11.6 Å². The van der Waals surface area contributed by atoms with Crippen molar-refractivity contribution in [1.82, 2.24) is 10.6 Å². The SMILES string of the molecule is CC(C)[C@H](NC(=O)c1ccc(Cl)c([N+](=O)[O-])c1)C(=O)OCC(=O)NCc1cccc(Cl)c1. The molecule has 0 unspecified atom stereocenters. The third kappa shape index (κ3) is 7.21. The lowest BCUT2D eigenvalue weighted by Crippen LogP contribution is -2.46. The van der Waals surface area contributed by atoms with Crippen molar-refractivity contribution in [3.63, 3.8) is 0 Å². The molecule has 0 aliphatic rings. The van der Waals surface area contributed by atoms with Gasteiger partial charge in [-0.05, 0) is 35.7 Å². The third-order valence-electron chi connectivity index (χ3n) is 4.34. The molecule has 0 bridgehead atoms. The van der Waals surface area contributed by atoms with E-state index in [1.165, 1.54) is 12.1 Å². The van der Waals surface area contributed by atoms with Gasteiger partial charge in [0.05, 0.1) is 4.92 Å². The van der Waals surface area contributed by atoms with Gasteiger partial charge in [0.1, 0.15) is 11.1 Å². The zero-order chi connectivity index (χ0) is 23.8. The zero-order valence-electron chi connectivity index (χ0n) is 17.3. The molecule has 0 aromatic heterocycles. The Morgan fingerprint density at radius 1 is 1.12 bits per heavy atom. The Balaban J connectivity index is 1.94. The van der Waals surface area contributed by atoms with Gasteiger partial charge in [0.2, 0.25) is 0 Å². The van der Waals surface area contributed by atoms with E-state index >= 15 is 0 Å². The Bertz CT molecular complexity index is 1030. The number of nitrogens with zero attached hydrogens (tertiary/aromatic N) is 1. The van der Waals surface area contributed by atoms with E-state index < -0.39 is 41.0 Å². The van der Waals surface area contributed by atoms with E-state index in [9.17, 15) is 24.5 Å². The summed E-state index contributed by atoms with van der Waals surface area (Å²) in [6.07, 6.45) is 0. The van der Waals surface area contributed by atoms with Gasteiger partial charge in [-0.3, -0.25) is 19.7 Å². The first kappa shape index (κ1) is 25.1. The largest absolute Gasteiger partial charge is 0.454 e. The highest BCUT2D eigenvalue weighted by Gasteiger charge is 2.27. The number of carbonyl (C=O) groups is 3. The summed E-state index contributed by atoms with van der Waals surface area (Å²) in [5.74, 6) is -2.43. The van der Waals surface area contributed by atoms with E-state index in [0.29, 0.717) is 5.02 Å². The van der Waals surface area contributed by atoms with Gasteiger partial charge in [-0.25, -0.2) is 4.79 Å². The summed E-state index contributed by atoms with van der Waals surface area (Å²) in [7, 11) is 0. The molecule has 11 heteroatoms. The van der Waals surface area contributed by atoms with Gasteiger partial charge in [-0.1, -0.05) is 49.2 Å². The van der Waals surface area contributed by atoms with Gasteiger partial charge < -0.3 is 15.4 Å². The number of rotatable bonds is 9. The van der Waals surface area contributed by atoms with E-state index in [1.54, 1.807) is 38.1 Å². The van der Waals surface area contributed by atoms with Crippen LogP contribution < -0.4 is 10.6 Å². The average molecular weight is 482 g/mol. The number of nitrogens with one attached hydrogen (secondary N) is 2. The van der Waals surface area contributed by atoms with Crippen LogP contribution in [0, 0.1) is 16.0 Å². The molecule has 0 aliphatic heterocycles. The Morgan fingerprint density at radius 3 is 2.47 bits per heavy atom. The van der Waals surface area contributed by atoms with Crippen molar-refractivity contribution >= 4 is 46.7 Å². The first-order valence-corrected chi connectivity index (χ1v) is 10.3. The summed E-state index contributed by atoms with van der Waals surface area (Å²) in [5.41, 5.74) is 0.305. The minimum absolute atomic E-state index is 0.0428. The number of halogens is 2. The Morgan fingerprint density at radius 2 is 1.84 bits per heavy atom. The molecular weight excluding hydrogens is 461 g/mol. The molecule has 9 nitrogen and oxygen atoms in total. The number of carbonyl (C=O) groups excluding carboxylic acids is 3. The van der Waals surface area contributed by atoms with Crippen molar-refractivity contribution in [3.05, 3.63) is 73.8 Å².